The number of carbonyl (C=O) groups is 2. The number of anilines is 1. The Morgan fingerprint density at radius 2 is 1.72 bits per heavy atom. The number of aryl methyl sites for hydroxylation is 1. The van der Waals surface area contributed by atoms with Crippen LogP contribution in [-0.4, -0.2) is 23.5 Å². The van der Waals surface area contributed by atoms with Crippen LogP contribution in [0.15, 0.2) is 60.7 Å². The largest absolute Gasteiger partial charge is 0.460 e. The molecule has 0 radical (unpaired) electrons. The van der Waals surface area contributed by atoms with Crippen molar-refractivity contribution >= 4 is 28.3 Å². The Balaban J connectivity index is 1.64. The van der Waals surface area contributed by atoms with Crippen molar-refractivity contribution in [3.8, 4) is 0 Å². The molecule has 0 aliphatic heterocycles. The lowest BCUT2D eigenvalue weighted by molar-refractivity contribution is -0.154. The Morgan fingerprint density at radius 1 is 1.00 bits per heavy atom. The molecule has 0 aromatic heterocycles. The number of carbonyl (C=O) groups excluding carboxylic acids is 2. The molecular weight excluding hydrogens is 448 g/mol. The highest BCUT2D eigenvalue weighted by molar-refractivity contribution is 5.97. The van der Waals surface area contributed by atoms with E-state index in [9.17, 15) is 9.59 Å². The summed E-state index contributed by atoms with van der Waals surface area (Å²) < 4.78 is 5.41. The topological polar surface area (TPSA) is 67.4 Å². The monoisotopic (exact) mass is 488 g/mol. The Hall–Kier alpha value is -3.34. The number of benzene rings is 3. The molecule has 2 N–H and O–H groups in total. The molecule has 2 unspecified atom stereocenters. The van der Waals surface area contributed by atoms with Crippen molar-refractivity contribution in [3.05, 3.63) is 77.4 Å². The summed E-state index contributed by atoms with van der Waals surface area (Å²) in [7, 11) is 0. The molecule has 3 rings (SSSR count). The first kappa shape index (κ1) is 27.3. The van der Waals surface area contributed by atoms with Gasteiger partial charge in [0.15, 0.2) is 0 Å². The van der Waals surface area contributed by atoms with Gasteiger partial charge in [-0.1, -0.05) is 55.5 Å². The fraction of sp³-hybridized carbons (Fsp3) is 0.419. The zero-order valence-corrected chi connectivity index (χ0v) is 22.5. The molecule has 0 heterocycles. The molecule has 3 aromatic rings. The summed E-state index contributed by atoms with van der Waals surface area (Å²) in [5.74, 6) is -0.249. The molecule has 0 saturated carbocycles. The van der Waals surface area contributed by atoms with E-state index < -0.39 is 5.60 Å². The summed E-state index contributed by atoms with van der Waals surface area (Å²) in [6.45, 7) is 11.8. The van der Waals surface area contributed by atoms with Gasteiger partial charge in [-0.05, 0) is 87.9 Å². The lowest BCUT2D eigenvalue weighted by Crippen LogP contribution is -2.27. The second-order valence-electron chi connectivity index (χ2n) is 10.5. The van der Waals surface area contributed by atoms with Crippen molar-refractivity contribution in [2.75, 3.05) is 5.32 Å². The molecule has 0 saturated heterocycles. The lowest BCUT2D eigenvalue weighted by Gasteiger charge is -2.21. The zero-order valence-electron chi connectivity index (χ0n) is 22.5. The van der Waals surface area contributed by atoms with Crippen LogP contribution in [0, 0.1) is 6.92 Å². The molecule has 1 amide bonds. The molecule has 0 aliphatic rings. The van der Waals surface area contributed by atoms with Crippen LogP contribution in [0.2, 0.25) is 0 Å². The van der Waals surface area contributed by atoms with Gasteiger partial charge in [-0.15, -0.1) is 0 Å². The number of amides is 1. The zero-order chi connectivity index (χ0) is 26.3. The van der Waals surface area contributed by atoms with Gasteiger partial charge in [0.05, 0.1) is 6.04 Å². The first-order valence-corrected chi connectivity index (χ1v) is 12.9. The Bertz CT molecular complexity index is 1190. The third-order valence-corrected chi connectivity index (χ3v) is 6.34. The van der Waals surface area contributed by atoms with E-state index >= 15 is 0 Å². The van der Waals surface area contributed by atoms with Crippen LogP contribution < -0.4 is 10.6 Å². The van der Waals surface area contributed by atoms with Crippen molar-refractivity contribution in [3.63, 3.8) is 0 Å². The number of nitrogens with one attached hydrogen (secondary N) is 2. The summed E-state index contributed by atoms with van der Waals surface area (Å²) in [6.07, 6.45) is 2.93. The number of ether oxygens (including phenoxy) is 1. The van der Waals surface area contributed by atoms with E-state index in [1.165, 1.54) is 0 Å². The van der Waals surface area contributed by atoms with E-state index in [1.807, 2.05) is 71.0 Å². The van der Waals surface area contributed by atoms with E-state index in [-0.39, 0.29) is 24.0 Å². The standard InChI is InChI=1S/C31H40N2O3/c1-7-24(14-11-17-29(34)36-31(4,5)6)33-25-19-18-21(2)28(20-25)30(35)32-22(3)26-16-10-13-23-12-8-9-15-27(23)26/h8-10,12-13,15-16,18-20,22,24,33H,7,11,14,17H2,1-6H3,(H,32,35). The average molecular weight is 489 g/mol. The van der Waals surface area contributed by atoms with Gasteiger partial charge < -0.3 is 15.4 Å². The van der Waals surface area contributed by atoms with Gasteiger partial charge in [-0.3, -0.25) is 9.59 Å². The molecule has 0 spiro atoms. The smallest absolute Gasteiger partial charge is 0.306 e. The molecule has 0 fully saturated rings. The maximum absolute atomic E-state index is 13.3. The molecule has 192 valence electrons. The van der Waals surface area contributed by atoms with E-state index in [4.69, 9.17) is 4.74 Å². The van der Waals surface area contributed by atoms with E-state index in [1.54, 1.807) is 0 Å². The van der Waals surface area contributed by atoms with Gasteiger partial charge in [-0.2, -0.15) is 0 Å². The first-order chi connectivity index (χ1) is 17.1. The van der Waals surface area contributed by atoms with Crippen molar-refractivity contribution in [1.82, 2.24) is 5.32 Å². The van der Waals surface area contributed by atoms with E-state index in [0.29, 0.717) is 12.0 Å². The van der Waals surface area contributed by atoms with Crippen LogP contribution in [0.5, 0.6) is 0 Å². The highest BCUT2D eigenvalue weighted by Crippen LogP contribution is 2.25. The minimum atomic E-state index is -0.455. The predicted octanol–water partition coefficient (Wildman–Crippen LogP) is 7.34. The van der Waals surface area contributed by atoms with Crippen LogP contribution in [0.4, 0.5) is 5.69 Å². The van der Waals surface area contributed by atoms with E-state index in [0.717, 1.165) is 46.8 Å². The third-order valence-electron chi connectivity index (χ3n) is 6.34. The summed E-state index contributed by atoms with van der Waals surface area (Å²) in [5, 5.41) is 9.05. The van der Waals surface area contributed by atoms with Gasteiger partial charge in [-0.25, -0.2) is 0 Å². The SMILES string of the molecule is CCC(CCCC(=O)OC(C)(C)C)Nc1ccc(C)c(C(=O)NC(C)c2cccc3ccccc23)c1. The fourth-order valence-electron chi connectivity index (χ4n) is 4.44. The summed E-state index contributed by atoms with van der Waals surface area (Å²) in [5.41, 5.74) is 3.15. The van der Waals surface area contributed by atoms with Crippen LogP contribution in [0.25, 0.3) is 10.8 Å². The summed E-state index contributed by atoms with van der Waals surface area (Å²) in [6, 6.07) is 20.4. The minimum absolute atomic E-state index is 0.0884. The van der Waals surface area contributed by atoms with Crippen LogP contribution in [-0.2, 0) is 9.53 Å². The maximum atomic E-state index is 13.3. The maximum Gasteiger partial charge on any atom is 0.306 e. The summed E-state index contributed by atoms with van der Waals surface area (Å²) in [4.78, 5) is 25.3. The Kier molecular flexibility index (Phi) is 9.14. The van der Waals surface area contributed by atoms with Crippen molar-refractivity contribution in [1.29, 1.82) is 0 Å². The van der Waals surface area contributed by atoms with Gasteiger partial charge >= 0.3 is 5.97 Å². The van der Waals surface area contributed by atoms with Crippen LogP contribution in [0.3, 0.4) is 0 Å². The molecule has 36 heavy (non-hydrogen) atoms. The van der Waals surface area contributed by atoms with Gasteiger partial charge in [0, 0.05) is 23.7 Å². The quantitative estimate of drug-likeness (QED) is 0.293. The number of esters is 1. The normalized spacial score (nSPS) is 13.2. The molecular formula is C31H40N2O3. The van der Waals surface area contributed by atoms with Crippen LogP contribution in [0.1, 0.15) is 87.8 Å². The Labute approximate surface area is 215 Å². The highest BCUT2D eigenvalue weighted by atomic mass is 16.6. The third kappa shape index (κ3) is 7.58. The molecule has 5 nitrogen and oxygen atoms in total. The second kappa shape index (κ2) is 12.1. The van der Waals surface area contributed by atoms with Crippen LogP contribution >= 0.6 is 0 Å². The molecule has 2 atom stereocenters. The minimum Gasteiger partial charge on any atom is -0.460 e. The van der Waals surface area contributed by atoms with Crippen molar-refractivity contribution in [2.24, 2.45) is 0 Å². The average Bonchev–Trinajstić information content (AvgIpc) is 2.82. The number of hydrogen-bond acceptors (Lipinski definition) is 4. The molecule has 0 bridgehead atoms. The fourth-order valence-corrected chi connectivity index (χ4v) is 4.44. The highest BCUT2D eigenvalue weighted by Gasteiger charge is 2.18. The molecule has 3 aromatic carbocycles. The van der Waals surface area contributed by atoms with Gasteiger partial charge in [0.2, 0.25) is 0 Å². The van der Waals surface area contributed by atoms with Gasteiger partial charge in [0.25, 0.3) is 5.91 Å². The van der Waals surface area contributed by atoms with Crippen molar-refractivity contribution in [2.45, 2.75) is 84.9 Å². The van der Waals surface area contributed by atoms with E-state index in [2.05, 4.69) is 41.8 Å². The molecule has 0 aliphatic carbocycles. The number of hydrogen-bond donors (Lipinski definition) is 2. The molecule has 5 heteroatoms. The number of rotatable bonds is 10. The summed E-state index contributed by atoms with van der Waals surface area (Å²) >= 11 is 0. The van der Waals surface area contributed by atoms with Gasteiger partial charge in [0.1, 0.15) is 5.60 Å². The first-order valence-electron chi connectivity index (χ1n) is 12.9. The predicted molar refractivity (Wildman–Crippen MR) is 148 cm³/mol. The Morgan fingerprint density at radius 3 is 2.44 bits per heavy atom. The van der Waals surface area contributed by atoms with Crippen molar-refractivity contribution < 1.29 is 14.3 Å². The lowest BCUT2D eigenvalue weighted by atomic mass is 9.99. The number of fused-ring (bicyclic) bond motifs is 1. The second-order valence-corrected chi connectivity index (χ2v) is 10.5.